The molecule has 2 rings (SSSR count). The van der Waals surface area contributed by atoms with E-state index in [0.29, 0.717) is 5.56 Å². The molecule has 0 bridgehead atoms. The number of hydrogen-bond acceptors (Lipinski definition) is 2. The maximum absolute atomic E-state index is 12.9. The van der Waals surface area contributed by atoms with Crippen LogP contribution in [0, 0.1) is 17.1 Å². The van der Waals surface area contributed by atoms with Crippen molar-refractivity contribution in [3.63, 3.8) is 0 Å². The molecule has 1 atom stereocenters. The highest BCUT2D eigenvalue weighted by Crippen LogP contribution is 2.29. The molecule has 7 heteroatoms. The molecule has 0 aliphatic heterocycles. The van der Waals surface area contributed by atoms with Gasteiger partial charge in [0.05, 0.1) is 18.1 Å². The van der Waals surface area contributed by atoms with Crippen molar-refractivity contribution in [2.24, 2.45) is 0 Å². The first kappa shape index (κ1) is 17.5. The van der Waals surface area contributed by atoms with E-state index in [1.807, 2.05) is 6.07 Å². The first-order chi connectivity index (χ1) is 11.3. The first-order valence-corrected chi connectivity index (χ1v) is 6.90. The van der Waals surface area contributed by atoms with Crippen LogP contribution in [-0.2, 0) is 17.4 Å². The van der Waals surface area contributed by atoms with Gasteiger partial charge >= 0.3 is 6.18 Å². The van der Waals surface area contributed by atoms with Crippen molar-refractivity contribution < 1.29 is 22.4 Å². The monoisotopic (exact) mass is 336 g/mol. The summed E-state index contributed by atoms with van der Waals surface area (Å²) in [6.45, 7) is 0. The molecular formula is C17H12F4N2O. The Labute approximate surface area is 135 Å². The minimum Gasteiger partial charge on any atom is -0.336 e. The molecule has 24 heavy (non-hydrogen) atoms. The second kappa shape index (κ2) is 7.13. The SMILES string of the molecule is N#C[C@@H](NC(=O)Cc1cccc(C(F)(F)F)c1)c1ccc(F)cc1. The first-order valence-electron chi connectivity index (χ1n) is 6.90. The van der Waals surface area contributed by atoms with Gasteiger partial charge in [-0.15, -0.1) is 0 Å². The summed E-state index contributed by atoms with van der Waals surface area (Å²) in [5.74, 6) is -1.09. The number of halogens is 4. The molecule has 0 heterocycles. The van der Waals surface area contributed by atoms with E-state index in [1.54, 1.807) is 0 Å². The molecule has 124 valence electrons. The summed E-state index contributed by atoms with van der Waals surface area (Å²) < 4.78 is 50.8. The highest BCUT2D eigenvalue weighted by Gasteiger charge is 2.30. The van der Waals surface area contributed by atoms with Gasteiger partial charge in [0.1, 0.15) is 11.9 Å². The Kier molecular flexibility index (Phi) is 5.19. The van der Waals surface area contributed by atoms with Crippen LogP contribution in [0.15, 0.2) is 48.5 Å². The molecule has 0 fully saturated rings. The Balaban J connectivity index is 2.07. The largest absolute Gasteiger partial charge is 0.416 e. The lowest BCUT2D eigenvalue weighted by Crippen LogP contribution is -2.29. The van der Waals surface area contributed by atoms with Crippen molar-refractivity contribution in [3.8, 4) is 6.07 Å². The van der Waals surface area contributed by atoms with Crippen LogP contribution < -0.4 is 5.32 Å². The predicted molar refractivity (Wildman–Crippen MR) is 78.0 cm³/mol. The van der Waals surface area contributed by atoms with Gasteiger partial charge in [-0.25, -0.2) is 4.39 Å². The molecule has 0 saturated heterocycles. The van der Waals surface area contributed by atoms with E-state index >= 15 is 0 Å². The van der Waals surface area contributed by atoms with Gasteiger partial charge in [-0.2, -0.15) is 18.4 Å². The van der Waals surface area contributed by atoms with E-state index in [4.69, 9.17) is 5.26 Å². The fourth-order valence-corrected chi connectivity index (χ4v) is 2.10. The van der Waals surface area contributed by atoms with Crippen LogP contribution in [-0.4, -0.2) is 5.91 Å². The number of alkyl halides is 3. The Bertz CT molecular complexity index is 763. The molecule has 2 aromatic rings. The number of carbonyl (C=O) groups excluding carboxylic acids is 1. The maximum Gasteiger partial charge on any atom is 0.416 e. The molecule has 3 nitrogen and oxygen atoms in total. The average Bonchev–Trinajstić information content (AvgIpc) is 2.53. The normalized spacial score (nSPS) is 12.3. The zero-order valence-electron chi connectivity index (χ0n) is 12.3. The van der Waals surface area contributed by atoms with E-state index < -0.39 is 29.5 Å². The van der Waals surface area contributed by atoms with Gasteiger partial charge in [0.2, 0.25) is 5.91 Å². The lowest BCUT2D eigenvalue weighted by molar-refractivity contribution is -0.137. The van der Waals surface area contributed by atoms with E-state index in [1.165, 1.54) is 24.3 Å². The fraction of sp³-hybridized carbons (Fsp3) is 0.176. The van der Waals surface area contributed by atoms with Crippen LogP contribution in [0.4, 0.5) is 17.6 Å². The van der Waals surface area contributed by atoms with E-state index in [2.05, 4.69) is 5.32 Å². The minimum absolute atomic E-state index is 0.179. The number of carbonyl (C=O) groups is 1. The van der Waals surface area contributed by atoms with Crippen LogP contribution in [0.3, 0.4) is 0 Å². The highest BCUT2D eigenvalue weighted by molar-refractivity contribution is 5.79. The number of hydrogen-bond donors (Lipinski definition) is 1. The molecule has 0 saturated carbocycles. The summed E-state index contributed by atoms with van der Waals surface area (Å²) in [7, 11) is 0. The summed E-state index contributed by atoms with van der Waals surface area (Å²) >= 11 is 0. The zero-order valence-corrected chi connectivity index (χ0v) is 12.3. The van der Waals surface area contributed by atoms with Crippen molar-refractivity contribution in [3.05, 3.63) is 71.0 Å². The Morgan fingerprint density at radius 3 is 2.42 bits per heavy atom. The molecule has 0 aliphatic rings. The van der Waals surface area contributed by atoms with Gasteiger partial charge in [0.25, 0.3) is 0 Å². The summed E-state index contributed by atoms with van der Waals surface area (Å²) in [6, 6.07) is 10.3. The standard InChI is InChI=1S/C17H12F4N2O/c18-14-6-4-12(5-7-14)15(10-22)23-16(24)9-11-2-1-3-13(8-11)17(19,20)21/h1-8,15H,9H2,(H,23,24)/t15-/m1/s1. The predicted octanol–water partition coefficient (Wildman–Crippen LogP) is 3.77. The van der Waals surface area contributed by atoms with Crippen LogP contribution in [0.2, 0.25) is 0 Å². The molecular weight excluding hydrogens is 324 g/mol. The summed E-state index contributed by atoms with van der Waals surface area (Å²) in [5, 5.41) is 11.5. The number of nitriles is 1. The molecule has 1 amide bonds. The number of rotatable bonds is 4. The zero-order chi connectivity index (χ0) is 17.7. The van der Waals surface area contributed by atoms with Gasteiger partial charge in [0.15, 0.2) is 0 Å². The molecule has 0 spiro atoms. The third-order valence-electron chi connectivity index (χ3n) is 3.26. The lowest BCUT2D eigenvalue weighted by atomic mass is 10.1. The van der Waals surface area contributed by atoms with Gasteiger partial charge in [0, 0.05) is 0 Å². The summed E-state index contributed by atoms with van der Waals surface area (Å²) in [4.78, 5) is 12.0. The van der Waals surface area contributed by atoms with Gasteiger partial charge in [-0.3, -0.25) is 4.79 Å². The maximum atomic E-state index is 12.9. The second-order valence-electron chi connectivity index (χ2n) is 5.06. The summed E-state index contributed by atoms with van der Waals surface area (Å²) in [5.41, 5.74) is -0.280. The van der Waals surface area contributed by atoms with Gasteiger partial charge in [-0.05, 0) is 29.3 Å². The van der Waals surface area contributed by atoms with Gasteiger partial charge < -0.3 is 5.32 Å². The van der Waals surface area contributed by atoms with Crippen molar-refractivity contribution in [1.29, 1.82) is 5.26 Å². The van der Waals surface area contributed by atoms with Crippen LogP contribution in [0.25, 0.3) is 0 Å². The molecule has 0 aromatic heterocycles. The van der Waals surface area contributed by atoms with Crippen molar-refractivity contribution in [2.45, 2.75) is 18.6 Å². The molecule has 0 radical (unpaired) electrons. The number of nitrogens with zero attached hydrogens (tertiary/aromatic N) is 1. The third-order valence-corrected chi connectivity index (χ3v) is 3.26. The van der Waals surface area contributed by atoms with E-state index in [9.17, 15) is 22.4 Å². The topological polar surface area (TPSA) is 52.9 Å². The molecule has 1 N–H and O–H groups in total. The number of nitrogens with one attached hydrogen (secondary N) is 1. The molecule has 2 aromatic carbocycles. The highest BCUT2D eigenvalue weighted by atomic mass is 19.4. The second-order valence-corrected chi connectivity index (χ2v) is 5.06. The minimum atomic E-state index is -4.49. The van der Waals surface area contributed by atoms with Crippen molar-refractivity contribution >= 4 is 5.91 Å². The Morgan fingerprint density at radius 1 is 1.17 bits per heavy atom. The van der Waals surface area contributed by atoms with Crippen LogP contribution >= 0.6 is 0 Å². The van der Waals surface area contributed by atoms with Crippen molar-refractivity contribution in [1.82, 2.24) is 5.32 Å². The number of amides is 1. The smallest absolute Gasteiger partial charge is 0.336 e. The van der Waals surface area contributed by atoms with Crippen LogP contribution in [0.5, 0.6) is 0 Å². The van der Waals surface area contributed by atoms with E-state index in [0.717, 1.165) is 24.3 Å². The van der Waals surface area contributed by atoms with Crippen LogP contribution in [0.1, 0.15) is 22.7 Å². The lowest BCUT2D eigenvalue weighted by Gasteiger charge is -2.13. The number of benzene rings is 2. The Hall–Kier alpha value is -2.88. The quantitative estimate of drug-likeness (QED) is 0.864. The third kappa shape index (κ3) is 4.56. The van der Waals surface area contributed by atoms with Gasteiger partial charge in [-0.1, -0.05) is 30.3 Å². The Morgan fingerprint density at radius 2 is 1.83 bits per heavy atom. The molecule has 0 aliphatic carbocycles. The fourth-order valence-electron chi connectivity index (χ4n) is 2.10. The summed E-state index contributed by atoms with van der Waals surface area (Å²) in [6.07, 6.45) is -4.79. The van der Waals surface area contributed by atoms with E-state index in [-0.39, 0.29) is 12.0 Å². The van der Waals surface area contributed by atoms with Crippen molar-refractivity contribution in [2.75, 3.05) is 0 Å². The molecule has 0 unspecified atom stereocenters. The average molecular weight is 336 g/mol.